The molecule has 1 rings (SSSR count). The summed E-state index contributed by atoms with van der Waals surface area (Å²) in [6, 6.07) is 6.66. The largest absolute Gasteiger partial charge is 0.416 e. The van der Waals surface area contributed by atoms with E-state index in [4.69, 9.17) is 13.9 Å². The average molecular weight is 407 g/mol. The second-order valence-electron chi connectivity index (χ2n) is 7.25. The molecule has 0 unspecified atom stereocenters. The zero-order valence-electron chi connectivity index (χ0n) is 16.8. The van der Waals surface area contributed by atoms with Crippen molar-refractivity contribution in [2.45, 2.75) is 90.7 Å². The maximum atomic E-state index is 12.7. The topological polar surface area (TPSA) is 27.7 Å². The first-order valence-electron chi connectivity index (χ1n) is 9.77. The van der Waals surface area contributed by atoms with E-state index < -0.39 is 28.0 Å². The number of unbranched alkanes of at least 4 members (excludes halogenated alkanes) is 3. The van der Waals surface area contributed by atoms with Gasteiger partial charge < -0.3 is 13.9 Å². The van der Waals surface area contributed by atoms with Gasteiger partial charge in [0.25, 0.3) is 6.48 Å². The quantitative estimate of drug-likeness (QED) is 0.247. The van der Waals surface area contributed by atoms with Gasteiger partial charge in [-0.15, -0.1) is 0 Å². The molecule has 156 valence electrons. The Morgan fingerprint density at radius 1 is 0.926 bits per heavy atom. The van der Waals surface area contributed by atoms with Crippen molar-refractivity contribution < 1.29 is 27.1 Å². The summed E-state index contributed by atoms with van der Waals surface area (Å²) in [7, 11) is -0.703. The molecular weight excluding hydrogens is 373 g/mol. The third kappa shape index (κ3) is 11.5. The van der Waals surface area contributed by atoms with Crippen molar-refractivity contribution in [3.63, 3.8) is 0 Å². The molecule has 3 nitrogen and oxygen atoms in total. The molecule has 0 aliphatic rings. The predicted octanol–water partition coefficient (Wildman–Crippen LogP) is 5.46. The molecule has 0 heterocycles. The lowest BCUT2D eigenvalue weighted by Crippen LogP contribution is -2.28. The Kier molecular flexibility index (Phi) is 11.2. The summed E-state index contributed by atoms with van der Waals surface area (Å²) in [5.74, 6) is 0. The molecule has 0 saturated carbocycles. The lowest BCUT2D eigenvalue weighted by Gasteiger charge is -2.23. The van der Waals surface area contributed by atoms with Crippen LogP contribution in [0.2, 0.25) is 6.04 Å². The monoisotopic (exact) mass is 406 g/mol. The van der Waals surface area contributed by atoms with Crippen molar-refractivity contribution in [3.8, 4) is 0 Å². The van der Waals surface area contributed by atoms with E-state index in [-0.39, 0.29) is 12.2 Å². The van der Waals surface area contributed by atoms with Crippen LogP contribution < -0.4 is 0 Å². The highest BCUT2D eigenvalue weighted by Gasteiger charge is 2.30. The molecule has 0 aliphatic heterocycles. The van der Waals surface area contributed by atoms with E-state index in [2.05, 4.69) is 0 Å². The van der Waals surface area contributed by atoms with Gasteiger partial charge in [-0.1, -0.05) is 37.5 Å². The fraction of sp³-hybridized carbons (Fsp3) is 0.700. The van der Waals surface area contributed by atoms with Crippen LogP contribution in [0.25, 0.3) is 0 Å². The number of hydrogen-bond donors (Lipinski definition) is 0. The summed E-state index contributed by atoms with van der Waals surface area (Å²) >= 11 is 0. The van der Waals surface area contributed by atoms with Crippen molar-refractivity contribution in [1.29, 1.82) is 0 Å². The highest BCUT2D eigenvalue weighted by molar-refractivity contribution is 6.27. The van der Waals surface area contributed by atoms with Gasteiger partial charge in [0, 0.05) is 0 Å². The minimum Gasteiger partial charge on any atom is -0.379 e. The summed E-state index contributed by atoms with van der Waals surface area (Å²) < 4.78 is 55.1. The van der Waals surface area contributed by atoms with E-state index in [9.17, 15) is 13.2 Å². The number of hydrogen-bond acceptors (Lipinski definition) is 3. The minimum atomic E-state index is -4.27. The molecule has 1 aromatic rings. The van der Waals surface area contributed by atoms with Crippen LogP contribution >= 0.6 is 0 Å². The molecule has 0 amide bonds. The van der Waals surface area contributed by atoms with E-state index in [1.165, 1.54) is 12.1 Å². The molecule has 0 fully saturated rings. The summed E-state index contributed by atoms with van der Waals surface area (Å²) in [5.41, 5.74) is 0.187. The van der Waals surface area contributed by atoms with Crippen LogP contribution in [-0.4, -0.2) is 28.4 Å². The molecule has 0 atom stereocenters. The van der Waals surface area contributed by atoms with Gasteiger partial charge in [-0.25, -0.2) is 0 Å². The Morgan fingerprint density at radius 3 is 2.15 bits per heavy atom. The predicted molar refractivity (Wildman–Crippen MR) is 104 cm³/mol. The maximum absolute atomic E-state index is 12.7. The second-order valence-corrected chi connectivity index (χ2v) is 8.69. The molecule has 0 aromatic heterocycles. The van der Waals surface area contributed by atoms with E-state index in [0.29, 0.717) is 6.42 Å². The first-order chi connectivity index (χ1) is 12.7. The minimum absolute atomic E-state index is 0.0543. The third-order valence-corrected chi connectivity index (χ3v) is 5.18. The zero-order valence-corrected chi connectivity index (χ0v) is 18.3. The average Bonchev–Trinajstić information content (AvgIpc) is 2.55. The lowest BCUT2D eigenvalue weighted by molar-refractivity contribution is -0.275. The molecule has 0 aliphatic carbocycles. The van der Waals surface area contributed by atoms with E-state index in [0.717, 1.165) is 43.4 Å². The molecule has 0 spiro atoms. The molecule has 0 saturated heterocycles. The Balaban J connectivity index is 2.15. The van der Waals surface area contributed by atoms with Gasteiger partial charge >= 0.3 is 6.18 Å². The van der Waals surface area contributed by atoms with Crippen LogP contribution in [0, 0.1) is 0 Å². The number of rotatable bonds is 13. The summed E-state index contributed by atoms with van der Waals surface area (Å²) in [5, 5.41) is 0. The molecule has 1 aromatic carbocycles. The van der Waals surface area contributed by atoms with Crippen molar-refractivity contribution in [2.75, 3.05) is 0 Å². The number of halogens is 3. The van der Waals surface area contributed by atoms with E-state index >= 15 is 0 Å². The number of aryl methyl sites for hydroxylation is 1. The summed E-state index contributed by atoms with van der Waals surface area (Å²) in [6.45, 7) is 7.23. The van der Waals surface area contributed by atoms with Gasteiger partial charge in [0.15, 0.2) is 9.76 Å². The second kappa shape index (κ2) is 12.5. The van der Waals surface area contributed by atoms with E-state index in [1.807, 2.05) is 27.7 Å². The SMILES string of the molecule is CC(C)OC(O[SiH2]CCCCCCc1cccc(C(F)(F)F)c1)OC(C)C. The van der Waals surface area contributed by atoms with Gasteiger partial charge in [0.05, 0.1) is 17.8 Å². The Morgan fingerprint density at radius 2 is 1.56 bits per heavy atom. The fourth-order valence-corrected chi connectivity index (χ4v) is 3.67. The van der Waals surface area contributed by atoms with Crippen LogP contribution in [-0.2, 0) is 26.5 Å². The van der Waals surface area contributed by atoms with Crippen molar-refractivity contribution in [1.82, 2.24) is 0 Å². The van der Waals surface area contributed by atoms with Crippen molar-refractivity contribution >= 4 is 9.76 Å². The molecule has 0 bridgehead atoms. The third-order valence-electron chi connectivity index (χ3n) is 3.88. The van der Waals surface area contributed by atoms with Gasteiger partial charge in [0.1, 0.15) is 0 Å². The lowest BCUT2D eigenvalue weighted by atomic mass is 10.0. The number of benzene rings is 1. The highest BCUT2D eigenvalue weighted by Crippen LogP contribution is 2.29. The maximum Gasteiger partial charge on any atom is 0.416 e. The molecule has 7 heteroatoms. The summed E-state index contributed by atoms with van der Waals surface area (Å²) in [6.07, 6.45) is 0.581. The van der Waals surface area contributed by atoms with Crippen LogP contribution in [0.1, 0.15) is 64.5 Å². The number of ether oxygens (including phenoxy) is 2. The van der Waals surface area contributed by atoms with Crippen LogP contribution in [0.5, 0.6) is 0 Å². The number of alkyl halides is 3. The van der Waals surface area contributed by atoms with Gasteiger partial charge in [-0.3, -0.25) is 0 Å². The zero-order chi connectivity index (χ0) is 20.3. The standard InChI is InChI=1S/C20H33F3O3Si/c1-15(2)24-19(25-16(3)4)26-27-13-8-6-5-7-10-17-11-9-12-18(14-17)20(21,22)23/h9,11-12,14-16,19H,5-8,10,13,27H2,1-4H3. The van der Waals surface area contributed by atoms with Crippen LogP contribution in [0.4, 0.5) is 13.2 Å². The van der Waals surface area contributed by atoms with Crippen LogP contribution in [0.3, 0.4) is 0 Å². The first kappa shape index (κ1) is 24.1. The van der Waals surface area contributed by atoms with Crippen LogP contribution in [0.15, 0.2) is 24.3 Å². The highest BCUT2D eigenvalue weighted by atomic mass is 28.2. The first-order valence-corrected chi connectivity index (χ1v) is 11.3. The van der Waals surface area contributed by atoms with Gasteiger partial charge in [-0.2, -0.15) is 13.2 Å². The molecule has 0 N–H and O–H groups in total. The smallest absolute Gasteiger partial charge is 0.379 e. The van der Waals surface area contributed by atoms with E-state index in [1.54, 1.807) is 6.07 Å². The molecule has 27 heavy (non-hydrogen) atoms. The fourth-order valence-electron chi connectivity index (χ4n) is 2.60. The summed E-state index contributed by atoms with van der Waals surface area (Å²) in [4.78, 5) is 0. The Bertz CT molecular complexity index is 511. The molecule has 0 radical (unpaired) electrons. The van der Waals surface area contributed by atoms with Crippen molar-refractivity contribution in [3.05, 3.63) is 35.4 Å². The Labute approximate surface area is 163 Å². The Hall–Kier alpha value is -0.893. The van der Waals surface area contributed by atoms with Gasteiger partial charge in [-0.05, 0) is 58.2 Å². The van der Waals surface area contributed by atoms with Crippen molar-refractivity contribution in [2.24, 2.45) is 0 Å². The normalized spacial score (nSPS) is 13.0. The van der Waals surface area contributed by atoms with Gasteiger partial charge in [0.2, 0.25) is 0 Å². The molecular formula is C20H33F3O3Si.